The van der Waals surface area contributed by atoms with Crippen LogP contribution in [0.2, 0.25) is 0 Å². The largest absolute Gasteiger partial charge is 0.346 e. The molecule has 0 fully saturated rings. The fourth-order valence-corrected chi connectivity index (χ4v) is 2.02. The number of aromatic nitrogens is 1. The normalized spacial score (nSPS) is 11.9. The van der Waals surface area contributed by atoms with E-state index in [0.717, 1.165) is 17.7 Å². The van der Waals surface area contributed by atoms with Crippen molar-refractivity contribution in [2.45, 2.75) is 19.4 Å². The van der Waals surface area contributed by atoms with Crippen molar-refractivity contribution in [3.8, 4) is 0 Å². The van der Waals surface area contributed by atoms with E-state index in [4.69, 9.17) is 5.73 Å². The number of carbonyl (C=O) groups excluding carboxylic acids is 1. The lowest BCUT2D eigenvalue weighted by Crippen LogP contribution is -2.42. The molecule has 0 spiro atoms. The number of rotatable bonds is 5. The minimum Gasteiger partial charge on any atom is -0.346 e. The molecule has 1 aromatic carbocycles. The zero-order valence-electron chi connectivity index (χ0n) is 11.5. The first-order valence-corrected chi connectivity index (χ1v) is 6.67. The van der Waals surface area contributed by atoms with Crippen LogP contribution < -0.4 is 11.1 Å². The summed E-state index contributed by atoms with van der Waals surface area (Å²) in [4.78, 5) is 16.3. The Balaban J connectivity index is 2.01. The van der Waals surface area contributed by atoms with Crippen LogP contribution in [0.15, 0.2) is 48.5 Å². The fraction of sp³-hybridized carbons (Fsp3) is 0.250. The van der Waals surface area contributed by atoms with E-state index in [0.29, 0.717) is 12.2 Å². The summed E-state index contributed by atoms with van der Waals surface area (Å²) in [5.74, 6) is -0.180. The molecule has 1 heterocycles. The van der Waals surface area contributed by atoms with Crippen LogP contribution in [0.1, 0.15) is 21.7 Å². The number of hydrogen-bond donors (Lipinski definition) is 2. The minimum absolute atomic E-state index is 0.0905. The van der Waals surface area contributed by atoms with Gasteiger partial charge >= 0.3 is 0 Å². The number of amides is 1. The molecule has 1 amide bonds. The van der Waals surface area contributed by atoms with Crippen LogP contribution in [0.3, 0.4) is 0 Å². The van der Waals surface area contributed by atoms with Crippen molar-refractivity contribution in [1.82, 2.24) is 10.3 Å². The number of aryl methyl sites for hydroxylation is 1. The highest BCUT2D eigenvalue weighted by molar-refractivity contribution is 5.92. The van der Waals surface area contributed by atoms with E-state index in [1.165, 1.54) is 0 Å². The van der Waals surface area contributed by atoms with Crippen LogP contribution in [0.4, 0.5) is 0 Å². The number of hydrogen-bond acceptors (Lipinski definition) is 3. The van der Waals surface area contributed by atoms with Crippen molar-refractivity contribution >= 4 is 5.91 Å². The molecule has 1 aromatic heterocycles. The minimum atomic E-state index is -0.180. The third-order valence-corrected chi connectivity index (χ3v) is 3.07. The topological polar surface area (TPSA) is 68.0 Å². The van der Waals surface area contributed by atoms with E-state index in [-0.39, 0.29) is 11.9 Å². The molecule has 104 valence electrons. The molecule has 0 aliphatic heterocycles. The van der Waals surface area contributed by atoms with Gasteiger partial charge in [0.25, 0.3) is 5.91 Å². The van der Waals surface area contributed by atoms with Crippen LogP contribution in [0.5, 0.6) is 0 Å². The van der Waals surface area contributed by atoms with Gasteiger partial charge in [-0.25, -0.2) is 4.98 Å². The molecule has 4 heteroatoms. The van der Waals surface area contributed by atoms with E-state index >= 15 is 0 Å². The predicted octanol–water partition coefficient (Wildman–Crippen LogP) is 1.69. The zero-order valence-corrected chi connectivity index (χ0v) is 11.5. The summed E-state index contributed by atoms with van der Waals surface area (Å²) in [7, 11) is 0. The van der Waals surface area contributed by atoms with Gasteiger partial charge in [-0.1, -0.05) is 36.4 Å². The maximum Gasteiger partial charge on any atom is 0.270 e. The Labute approximate surface area is 119 Å². The maximum atomic E-state index is 12.1. The average molecular weight is 269 g/mol. The van der Waals surface area contributed by atoms with E-state index < -0.39 is 0 Å². The zero-order chi connectivity index (χ0) is 14.4. The SMILES string of the molecule is Cc1cccc(C(=O)NC(CN)Cc2ccccc2)n1. The lowest BCUT2D eigenvalue weighted by molar-refractivity contribution is 0.0933. The maximum absolute atomic E-state index is 12.1. The third kappa shape index (κ3) is 3.90. The Bertz CT molecular complexity index is 569. The summed E-state index contributed by atoms with van der Waals surface area (Å²) in [6, 6.07) is 15.3. The quantitative estimate of drug-likeness (QED) is 0.868. The Morgan fingerprint density at radius 1 is 1.20 bits per heavy atom. The molecular weight excluding hydrogens is 250 g/mol. The highest BCUT2D eigenvalue weighted by Gasteiger charge is 2.14. The molecule has 1 unspecified atom stereocenters. The van der Waals surface area contributed by atoms with Crippen LogP contribution in [0, 0.1) is 6.92 Å². The first-order valence-electron chi connectivity index (χ1n) is 6.67. The molecule has 0 saturated heterocycles. The molecule has 0 radical (unpaired) electrons. The first-order chi connectivity index (χ1) is 9.69. The number of nitrogens with one attached hydrogen (secondary N) is 1. The van der Waals surface area contributed by atoms with Crippen molar-refractivity contribution in [3.05, 3.63) is 65.5 Å². The standard InChI is InChI=1S/C16H19N3O/c1-12-6-5-9-15(18-12)16(20)19-14(11-17)10-13-7-3-2-4-8-13/h2-9,14H,10-11,17H2,1H3,(H,19,20). The summed E-state index contributed by atoms with van der Waals surface area (Å²) in [5, 5.41) is 2.93. The molecule has 4 nitrogen and oxygen atoms in total. The molecular formula is C16H19N3O. The van der Waals surface area contributed by atoms with Gasteiger partial charge in [-0.3, -0.25) is 4.79 Å². The van der Waals surface area contributed by atoms with Gasteiger partial charge in [-0.15, -0.1) is 0 Å². The molecule has 0 aliphatic rings. The molecule has 20 heavy (non-hydrogen) atoms. The summed E-state index contributed by atoms with van der Waals surface area (Å²) in [5.41, 5.74) is 8.15. The number of benzene rings is 1. The van der Waals surface area contributed by atoms with Crippen LogP contribution in [-0.4, -0.2) is 23.5 Å². The highest BCUT2D eigenvalue weighted by atomic mass is 16.1. The van der Waals surface area contributed by atoms with Gasteiger partial charge in [0, 0.05) is 18.3 Å². The smallest absolute Gasteiger partial charge is 0.270 e. The molecule has 2 aromatic rings. The predicted molar refractivity (Wildman–Crippen MR) is 79.4 cm³/mol. The van der Waals surface area contributed by atoms with Crippen molar-refractivity contribution in [3.63, 3.8) is 0 Å². The molecule has 0 bridgehead atoms. The Kier molecular flexibility index (Phi) is 4.85. The Morgan fingerprint density at radius 3 is 2.60 bits per heavy atom. The second kappa shape index (κ2) is 6.82. The Morgan fingerprint density at radius 2 is 1.95 bits per heavy atom. The van der Waals surface area contributed by atoms with Crippen LogP contribution >= 0.6 is 0 Å². The van der Waals surface area contributed by atoms with Gasteiger partial charge in [0.1, 0.15) is 5.69 Å². The first kappa shape index (κ1) is 14.2. The summed E-state index contributed by atoms with van der Waals surface area (Å²) < 4.78 is 0. The molecule has 0 aliphatic carbocycles. The van der Waals surface area contributed by atoms with Gasteiger partial charge in [-0.05, 0) is 31.0 Å². The van der Waals surface area contributed by atoms with E-state index in [9.17, 15) is 4.79 Å². The second-order valence-electron chi connectivity index (χ2n) is 4.76. The van der Waals surface area contributed by atoms with Crippen molar-refractivity contribution in [1.29, 1.82) is 0 Å². The van der Waals surface area contributed by atoms with E-state index in [1.807, 2.05) is 49.4 Å². The summed E-state index contributed by atoms with van der Waals surface area (Å²) >= 11 is 0. The van der Waals surface area contributed by atoms with Gasteiger partial charge in [0.15, 0.2) is 0 Å². The van der Waals surface area contributed by atoms with Crippen LogP contribution in [0.25, 0.3) is 0 Å². The van der Waals surface area contributed by atoms with Crippen LogP contribution in [-0.2, 0) is 6.42 Å². The van der Waals surface area contributed by atoms with Gasteiger partial charge in [-0.2, -0.15) is 0 Å². The molecule has 2 rings (SSSR count). The molecule has 3 N–H and O–H groups in total. The van der Waals surface area contributed by atoms with Crippen molar-refractivity contribution < 1.29 is 4.79 Å². The molecule has 0 saturated carbocycles. The number of nitrogens with two attached hydrogens (primary N) is 1. The molecule has 1 atom stereocenters. The van der Waals surface area contributed by atoms with Crippen molar-refractivity contribution in [2.24, 2.45) is 5.73 Å². The lowest BCUT2D eigenvalue weighted by Gasteiger charge is -2.16. The Hall–Kier alpha value is -2.20. The monoisotopic (exact) mass is 269 g/mol. The fourth-order valence-electron chi connectivity index (χ4n) is 2.02. The van der Waals surface area contributed by atoms with Gasteiger partial charge in [0.2, 0.25) is 0 Å². The van der Waals surface area contributed by atoms with Crippen molar-refractivity contribution in [2.75, 3.05) is 6.54 Å². The average Bonchev–Trinajstić information content (AvgIpc) is 2.47. The highest BCUT2D eigenvalue weighted by Crippen LogP contribution is 2.04. The number of carbonyl (C=O) groups is 1. The summed E-state index contributed by atoms with van der Waals surface area (Å²) in [6.45, 7) is 2.26. The number of pyridine rings is 1. The van der Waals surface area contributed by atoms with Gasteiger partial charge < -0.3 is 11.1 Å². The van der Waals surface area contributed by atoms with E-state index in [1.54, 1.807) is 6.07 Å². The van der Waals surface area contributed by atoms with Gasteiger partial charge in [0.05, 0.1) is 0 Å². The second-order valence-corrected chi connectivity index (χ2v) is 4.76. The lowest BCUT2D eigenvalue weighted by atomic mass is 10.1. The van der Waals surface area contributed by atoms with E-state index in [2.05, 4.69) is 10.3 Å². The summed E-state index contributed by atoms with van der Waals surface area (Å²) in [6.07, 6.45) is 0.717. The number of nitrogens with zero attached hydrogens (tertiary/aromatic N) is 1. The third-order valence-electron chi connectivity index (χ3n) is 3.07.